The molecule has 3 aromatic heterocycles. The summed E-state index contributed by atoms with van der Waals surface area (Å²) < 4.78 is 2.24. The summed E-state index contributed by atoms with van der Waals surface area (Å²) >= 11 is 0. The number of hydrogen-bond acceptors (Lipinski definition) is 5. The molecule has 1 aliphatic rings. The highest BCUT2D eigenvalue weighted by Gasteiger charge is 2.27. The summed E-state index contributed by atoms with van der Waals surface area (Å²) in [4.78, 5) is 25.6. The van der Waals surface area contributed by atoms with Crippen LogP contribution >= 0.6 is 0 Å². The second-order valence-corrected chi connectivity index (χ2v) is 10.2. The number of amides is 1. The maximum atomic E-state index is 12.2. The SMILES string of the molecule is CNc1ccc(-c2ccnc3c2cc(C(C)N2CCC(c4ccc(C(=O)N(C)C)cc4)CC2)n3C)cn1. The normalized spacial score (nSPS) is 15.6. The quantitative estimate of drug-likeness (QED) is 0.391. The Morgan fingerprint density at radius 1 is 1.05 bits per heavy atom. The van der Waals surface area contributed by atoms with E-state index in [-0.39, 0.29) is 11.9 Å². The minimum absolute atomic E-state index is 0.0500. The van der Waals surface area contributed by atoms with Gasteiger partial charge in [-0.2, -0.15) is 0 Å². The largest absolute Gasteiger partial charge is 0.373 e. The predicted octanol–water partition coefficient (Wildman–Crippen LogP) is 5.32. The molecule has 37 heavy (non-hydrogen) atoms. The molecule has 5 rings (SSSR count). The third-order valence-corrected chi connectivity index (χ3v) is 7.84. The lowest BCUT2D eigenvalue weighted by molar-refractivity contribution is 0.0827. The number of aryl methyl sites for hydroxylation is 1. The van der Waals surface area contributed by atoms with Gasteiger partial charge < -0.3 is 14.8 Å². The third-order valence-electron chi connectivity index (χ3n) is 7.84. The van der Waals surface area contributed by atoms with Gasteiger partial charge in [0.2, 0.25) is 0 Å². The van der Waals surface area contributed by atoms with Crippen molar-refractivity contribution in [3.05, 3.63) is 77.7 Å². The van der Waals surface area contributed by atoms with Gasteiger partial charge in [-0.15, -0.1) is 0 Å². The van der Waals surface area contributed by atoms with Crippen LogP contribution in [0.4, 0.5) is 5.82 Å². The van der Waals surface area contributed by atoms with Gasteiger partial charge in [0, 0.05) is 68.8 Å². The van der Waals surface area contributed by atoms with Crippen molar-refractivity contribution >= 4 is 22.8 Å². The standard InChI is InChI=1S/C30H36N6O/c1-20(36-16-13-22(14-17-36)21-6-8-23(9-7-21)30(37)34(3)4)27-18-26-25(12-15-32-29(26)35(27)5)24-10-11-28(31-2)33-19-24/h6-12,15,18-20,22H,13-14,16-17H2,1-5H3,(H,31,33). The Kier molecular flexibility index (Phi) is 6.98. The zero-order chi connectivity index (χ0) is 26.1. The zero-order valence-electron chi connectivity index (χ0n) is 22.4. The minimum Gasteiger partial charge on any atom is -0.373 e. The van der Waals surface area contributed by atoms with Crippen LogP contribution in [0.3, 0.4) is 0 Å². The maximum Gasteiger partial charge on any atom is 0.253 e. The minimum atomic E-state index is 0.0500. The summed E-state index contributed by atoms with van der Waals surface area (Å²) in [7, 11) is 7.58. The van der Waals surface area contributed by atoms with Gasteiger partial charge in [-0.3, -0.25) is 9.69 Å². The van der Waals surface area contributed by atoms with Crippen LogP contribution in [-0.2, 0) is 7.05 Å². The Bertz CT molecular complexity index is 1380. The third kappa shape index (κ3) is 4.83. The molecular formula is C30H36N6O. The van der Waals surface area contributed by atoms with Crippen LogP contribution in [0.5, 0.6) is 0 Å². The summed E-state index contributed by atoms with van der Waals surface area (Å²) in [5.74, 6) is 1.44. The average molecular weight is 497 g/mol. The number of carbonyl (C=O) groups is 1. The molecular weight excluding hydrogens is 460 g/mol. The Hall–Kier alpha value is -3.71. The molecule has 0 saturated carbocycles. The van der Waals surface area contributed by atoms with Crippen molar-refractivity contribution < 1.29 is 4.79 Å². The van der Waals surface area contributed by atoms with Crippen LogP contribution in [0.15, 0.2) is 60.9 Å². The van der Waals surface area contributed by atoms with E-state index in [0.29, 0.717) is 5.92 Å². The molecule has 1 N–H and O–H groups in total. The summed E-state index contributed by atoms with van der Waals surface area (Å²) in [6.45, 7) is 4.39. The first kappa shape index (κ1) is 25.0. The number of likely N-dealkylation sites (tertiary alicyclic amines) is 1. The van der Waals surface area contributed by atoms with Crippen molar-refractivity contribution in [2.24, 2.45) is 7.05 Å². The van der Waals surface area contributed by atoms with Gasteiger partial charge in [-0.25, -0.2) is 9.97 Å². The molecule has 1 unspecified atom stereocenters. The first-order valence-corrected chi connectivity index (χ1v) is 13.0. The summed E-state index contributed by atoms with van der Waals surface area (Å²) in [6, 6.07) is 17.0. The lowest BCUT2D eigenvalue weighted by Gasteiger charge is -2.36. The number of carbonyl (C=O) groups excluding carboxylic acids is 1. The van der Waals surface area contributed by atoms with E-state index in [1.807, 2.05) is 37.6 Å². The zero-order valence-corrected chi connectivity index (χ0v) is 22.4. The van der Waals surface area contributed by atoms with E-state index >= 15 is 0 Å². The van der Waals surface area contributed by atoms with Gasteiger partial charge >= 0.3 is 0 Å². The van der Waals surface area contributed by atoms with Gasteiger partial charge in [0.05, 0.1) is 0 Å². The fourth-order valence-electron chi connectivity index (χ4n) is 5.56. The molecule has 0 bridgehead atoms. The predicted molar refractivity (Wildman–Crippen MR) is 150 cm³/mol. The van der Waals surface area contributed by atoms with Crippen LogP contribution in [0.2, 0.25) is 0 Å². The molecule has 1 aromatic carbocycles. The van der Waals surface area contributed by atoms with Crippen molar-refractivity contribution in [1.82, 2.24) is 24.3 Å². The molecule has 1 atom stereocenters. The molecule has 1 amide bonds. The van der Waals surface area contributed by atoms with Crippen LogP contribution in [-0.4, -0.2) is 64.5 Å². The molecule has 0 radical (unpaired) electrons. The fraction of sp³-hybridized carbons (Fsp3) is 0.367. The molecule has 1 fully saturated rings. The molecule has 4 heterocycles. The van der Waals surface area contributed by atoms with E-state index in [2.05, 4.69) is 64.1 Å². The average Bonchev–Trinajstić information content (AvgIpc) is 3.29. The number of fused-ring (bicyclic) bond motifs is 1. The van der Waals surface area contributed by atoms with E-state index in [9.17, 15) is 4.79 Å². The molecule has 192 valence electrons. The Morgan fingerprint density at radius 2 is 1.78 bits per heavy atom. The Morgan fingerprint density at radius 3 is 2.41 bits per heavy atom. The first-order chi connectivity index (χ1) is 17.9. The van der Waals surface area contributed by atoms with E-state index in [1.54, 1.807) is 19.0 Å². The van der Waals surface area contributed by atoms with Crippen LogP contribution in [0, 0.1) is 0 Å². The highest BCUT2D eigenvalue weighted by Crippen LogP contribution is 2.36. The molecule has 1 saturated heterocycles. The second kappa shape index (κ2) is 10.3. The molecule has 0 aliphatic carbocycles. The fourth-order valence-corrected chi connectivity index (χ4v) is 5.56. The van der Waals surface area contributed by atoms with Crippen molar-refractivity contribution in [1.29, 1.82) is 0 Å². The summed E-state index contributed by atoms with van der Waals surface area (Å²) in [6.07, 6.45) is 6.04. The van der Waals surface area contributed by atoms with E-state index < -0.39 is 0 Å². The van der Waals surface area contributed by atoms with E-state index in [0.717, 1.165) is 59.5 Å². The van der Waals surface area contributed by atoms with Crippen LogP contribution in [0.25, 0.3) is 22.2 Å². The number of piperidine rings is 1. The number of pyridine rings is 2. The number of benzene rings is 1. The van der Waals surface area contributed by atoms with Crippen molar-refractivity contribution in [2.45, 2.75) is 31.7 Å². The molecule has 7 heteroatoms. The van der Waals surface area contributed by atoms with E-state index in [1.165, 1.54) is 11.3 Å². The first-order valence-electron chi connectivity index (χ1n) is 13.0. The maximum absolute atomic E-state index is 12.2. The lowest BCUT2D eigenvalue weighted by Crippen LogP contribution is -2.35. The number of rotatable bonds is 6. The van der Waals surface area contributed by atoms with Crippen molar-refractivity contribution in [3.63, 3.8) is 0 Å². The highest BCUT2D eigenvalue weighted by atomic mass is 16.2. The topological polar surface area (TPSA) is 66.3 Å². The molecule has 0 spiro atoms. The second-order valence-electron chi connectivity index (χ2n) is 10.2. The number of nitrogens with zero attached hydrogens (tertiary/aromatic N) is 5. The van der Waals surface area contributed by atoms with Gasteiger partial charge in [0.15, 0.2) is 0 Å². The number of aromatic nitrogens is 3. The number of anilines is 1. The van der Waals surface area contributed by atoms with Gasteiger partial charge in [0.25, 0.3) is 5.91 Å². The lowest BCUT2D eigenvalue weighted by atomic mass is 9.88. The van der Waals surface area contributed by atoms with Crippen molar-refractivity contribution in [3.8, 4) is 11.1 Å². The summed E-state index contributed by atoms with van der Waals surface area (Å²) in [5.41, 5.74) is 6.61. The van der Waals surface area contributed by atoms with Gasteiger partial charge in [-0.1, -0.05) is 12.1 Å². The smallest absolute Gasteiger partial charge is 0.253 e. The number of nitrogens with one attached hydrogen (secondary N) is 1. The van der Waals surface area contributed by atoms with Gasteiger partial charge in [-0.05, 0) is 86.3 Å². The molecule has 1 aliphatic heterocycles. The number of hydrogen-bond donors (Lipinski definition) is 1. The molecule has 7 nitrogen and oxygen atoms in total. The monoisotopic (exact) mass is 496 g/mol. The Balaban J connectivity index is 1.32. The van der Waals surface area contributed by atoms with E-state index in [4.69, 9.17) is 4.98 Å². The Labute approximate surface area is 219 Å². The summed E-state index contributed by atoms with van der Waals surface area (Å²) in [5, 5.41) is 4.24. The van der Waals surface area contributed by atoms with Crippen LogP contribution in [0.1, 0.15) is 53.3 Å². The highest BCUT2D eigenvalue weighted by molar-refractivity contribution is 5.94. The van der Waals surface area contributed by atoms with Gasteiger partial charge in [0.1, 0.15) is 11.5 Å². The molecule has 4 aromatic rings. The van der Waals surface area contributed by atoms with Crippen molar-refractivity contribution in [2.75, 3.05) is 39.5 Å². The van der Waals surface area contributed by atoms with Crippen LogP contribution < -0.4 is 5.32 Å².